The van der Waals surface area contributed by atoms with E-state index in [0.717, 1.165) is 49.4 Å². The van der Waals surface area contributed by atoms with Gasteiger partial charge in [0, 0.05) is 28.1 Å². The summed E-state index contributed by atoms with van der Waals surface area (Å²) in [5.74, 6) is -1.22. The van der Waals surface area contributed by atoms with Crippen LogP contribution in [-0.2, 0) is 10.2 Å². The van der Waals surface area contributed by atoms with E-state index in [1.807, 2.05) is 36.6 Å². The normalized spacial score (nSPS) is 22.6. The van der Waals surface area contributed by atoms with Crippen LogP contribution in [0, 0.1) is 0 Å². The van der Waals surface area contributed by atoms with E-state index >= 15 is 0 Å². The number of carbonyl (C=O) groups is 2. The van der Waals surface area contributed by atoms with E-state index in [9.17, 15) is 18.0 Å². The zero-order valence-corrected chi connectivity index (χ0v) is 23.1. The second-order valence-electron chi connectivity index (χ2n) is 9.57. The average Bonchev–Trinajstić information content (AvgIpc) is 3.25. The molecule has 3 N–H and O–H groups in total. The number of hydrogen-bond acceptors (Lipinski definition) is 6. The van der Waals surface area contributed by atoms with Crippen molar-refractivity contribution in [1.29, 1.82) is 0 Å². The molecule has 8 nitrogen and oxygen atoms in total. The molecule has 2 fully saturated rings. The number of anilines is 1. The Hall–Kier alpha value is -3.12. The first kappa shape index (κ1) is 30.4. The Morgan fingerprint density at radius 3 is 2.28 bits per heavy atom. The summed E-state index contributed by atoms with van der Waals surface area (Å²) < 4.78 is 42.8. The SMILES string of the molecule is COc1ccc(C23CCC(NC(=O)Nc4ccc(SC)cc4)CC2N(C)CC3)cc1OC.O=C(O)C(F)(F)F. The van der Waals surface area contributed by atoms with Gasteiger partial charge in [0.15, 0.2) is 11.5 Å². The van der Waals surface area contributed by atoms with E-state index in [4.69, 9.17) is 19.4 Å². The average molecular weight is 570 g/mol. The molecule has 39 heavy (non-hydrogen) atoms. The Labute approximate surface area is 230 Å². The maximum absolute atomic E-state index is 12.6. The maximum atomic E-state index is 12.6. The molecule has 1 aliphatic carbocycles. The highest BCUT2D eigenvalue weighted by Gasteiger charge is 2.50. The van der Waals surface area contributed by atoms with Gasteiger partial charge in [-0.15, -0.1) is 11.8 Å². The second kappa shape index (κ2) is 12.8. The molecular formula is C27H34F3N3O5S. The zero-order chi connectivity index (χ0) is 28.8. The molecule has 214 valence electrons. The first-order valence-electron chi connectivity index (χ1n) is 12.4. The summed E-state index contributed by atoms with van der Waals surface area (Å²) in [5, 5.41) is 13.3. The molecular weight excluding hydrogens is 535 g/mol. The molecule has 0 radical (unpaired) electrons. The third kappa shape index (κ3) is 7.30. The summed E-state index contributed by atoms with van der Waals surface area (Å²) in [7, 11) is 5.55. The number of carbonyl (C=O) groups excluding carboxylic acids is 1. The van der Waals surface area contributed by atoms with Crippen molar-refractivity contribution in [3.8, 4) is 11.5 Å². The van der Waals surface area contributed by atoms with Crippen LogP contribution in [0.5, 0.6) is 11.5 Å². The molecule has 2 aliphatic rings. The number of methoxy groups -OCH3 is 2. The minimum atomic E-state index is -5.08. The molecule has 4 rings (SSSR count). The number of halogens is 3. The lowest BCUT2D eigenvalue weighted by molar-refractivity contribution is -0.192. The van der Waals surface area contributed by atoms with Gasteiger partial charge >= 0.3 is 18.2 Å². The number of benzene rings is 2. The number of aliphatic carboxylic acids is 1. The number of likely N-dealkylation sites (tertiary alicyclic amines) is 1. The third-order valence-corrected chi connectivity index (χ3v) is 8.15. The number of nitrogens with zero attached hydrogens (tertiary/aromatic N) is 1. The van der Waals surface area contributed by atoms with Crippen molar-refractivity contribution < 1.29 is 37.3 Å². The predicted octanol–water partition coefficient (Wildman–Crippen LogP) is 5.38. The van der Waals surface area contributed by atoms with E-state index in [1.54, 1.807) is 26.0 Å². The van der Waals surface area contributed by atoms with Gasteiger partial charge in [0.05, 0.1) is 14.2 Å². The fourth-order valence-corrected chi connectivity index (χ4v) is 5.83. The van der Waals surface area contributed by atoms with Crippen molar-refractivity contribution in [1.82, 2.24) is 10.2 Å². The van der Waals surface area contributed by atoms with Crippen molar-refractivity contribution >= 4 is 29.4 Å². The van der Waals surface area contributed by atoms with Gasteiger partial charge in [-0.1, -0.05) is 6.07 Å². The van der Waals surface area contributed by atoms with Gasteiger partial charge in [0.2, 0.25) is 0 Å². The topological polar surface area (TPSA) is 100 Å². The van der Waals surface area contributed by atoms with Crippen molar-refractivity contribution in [3.63, 3.8) is 0 Å². The van der Waals surface area contributed by atoms with Gasteiger partial charge in [-0.3, -0.25) is 0 Å². The summed E-state index contributed by atoms with van der Waals surface area (Å²) in [6.45, 7) is 1.06. The summed E-state index contributed by atoms with van der Waals surface area (Å²) in [6, 6.07) is 14.7. The Bertz CT molecular complexity index is 1150. The lowest BCUT2D eigenvalue weighted by Crippen LogP contribution is -2.52. The largest absolute Gasteiger partial charge is 0.493 e. The van der Waals surface area contributed by atoms with Crippen LogP contribution in [0.4, 0.5) is 23.7 Å². The number of thioether (sulfide) groups is 1. The Morgan fingerprint density at radius 2 is 1.72 bits per heavy atom. The van der Waals surface area contributed by atoms with E-state index in [1.165, 1.54) is 10.5 Å². The van der Waals surface area contributed by atoms with E-state index in [0.29, 0.717) is 6.04 Å². The molecule has 1 aliphatic heterocycles. The number of likely N-dealkylation sites (N-methyl/N-ethyl adjacent to an activating group) is 1. The molecule has 3 unspecified atom stereocenters. The predicted molar refractivity (Wildman–Crippen MR) is 144 cm³/mol. The van der Waals surface area contributed by atoms with Crippen LogP contribution in [-0.4, -0.2) is 74.3 Å². The van der Waals surface area contributed by atoms with Crippen LogP contribution in [0.1, 0.15) is 31.2 Å². The van der Waals surface area contributed by atoms with Crippen molar-refractivity contribution in [3.05, 3.63) is 48.0 Å². The summed E-state index contributed by atoms with van der Waals surface area (Å²) in [5.41, 5.74) is 2.20. The number of urea groups is 1. The standard InChI is InChI=1S/C25H33N3O3S.C2HF3O2/c1-28-14-13-25(17-5-10-21(30-2)22(15-17)31-3)12-11-19(16-23(25)28)27-24(29)26-18-6-8-20(32-4)9-7-18;3-2(4,5)1(6)7/h5-10,15,19,23H,11-14,16H2,1-4H3,(H2,26,27,29);(H,6,7). The van der Waals surface area contributed by atoms with Crippen molar-refractivity contribution in [2.45, 2.75) is 54.3 Å². The van der Waals surface area contributed by atoms with Crippen LogP contribution in [0.2, 0.25) is 0 Å². The molecule has 1 saturated carbocycles. The molecule has 0 aromatic heterocycles. The van der Waals surface area contributed by atoms with Gasteiger partial charge < -0.3 is 30.1 Å². The first-order valence-corrected chi connectivity index (χ1v) is 13.6. The minimum absolute atomic E-state index is 0.0800. The molecule has 2 amide bonds. The highest BCUT2D eigenvalue weighted by molar-refractivity contribution is 7.98. The molecule has 0 bridgehead atoms. The Kier molecular flexibility index (Phi) is 10.0. The first-order chi connectivity index (χ1) is 18.4. The number of nitrogens with one attached hydrogen (secondary N) is 2. The van der Waals surface area contributed by atoms with Crippen LogP contribution in [0.25, 0.3) is 0 Å². The fourth-order valence-electron chi connectivity index (χ4n) is 5.42. The summed E-state index contributed by atoms with van der Waals surface area (Å²) >= 11 is 1.69. The minimum Gasteiger partial charge on any atom is -0.493 e. The molecule has 1 heterocycles. The Morgan fingerprint density at radius 1 is 1.08 bits per heavy atom. The molecule has 2 aromatic rings. The number of carboxylic acid groups (broad SMARTS) is 1. The third-order valence-electron chi connectivity index (χ3n) is 7.41. The van der Waals surface area contributed by atoms with E-state index in [-0.39, 0.29) is 17.5 Å². The lowest BCUT2D eigenvalue weighted by atomic mass is 9.65. The van der Waals surface area contributed by atoms with Crippen LogP contribution < -0.4 is 20.1 Å². The lowest BCUT2D eigenvalue weighted by Gasteiger charge is -2.45. The second-order valence-corrected chi connectivity index (χ2v) is 10.5. The number of carboxylic acids is 1. The van der Waals surface area contributed by atoms with Crippen molar-refractivity contribution in [2.24, 2.45) is 0 Å². The smallest absolute Gasteiger partial charge is 0.490 e. The van der Waals surface area contributed by atoms with Crippen LogP contribution in [0.15, 0.2) is 47.4 Å². The number of alkyl halides is 3. The van der Waals surface area contributed by atoms with Crippen LogP contribution >= 0.6 is 11.8 Å². The quantitative estimate of drug-likeness (QED) is 0.402. The molecule has 1 saturated heterocycles. The molecule has 2 aromatic carbocycles. The van der Waals surface area contributed by atoms with Crippen molar-refractivity contribution in [2.75, 3.05) is 39.4 Å². The van der Waals surface area contributed by atoms with Gasteiger partial charge in [-0.05, 0) is 87.5 Å². The summed E-state index contributed by atoms with van der Waals surface area (Å²) in [6.07, 6.45) is 0.997. The molecule has 0 spiro atoms. The van der Waals surface area contributed by atoms with Gasteiger partial charge in [-0.25, -0.2) is 9.59 Å². The number of ether oxygens (including phenoxy) is 2. The monoisotopic (exact) mass is 569 g/mol. The van der Waals surface area contributed by atoms with Crippen LogP contribution in [0.3, 0.4) is 0 Å². The zero-order valence-electron chi connectivity index (χ0n) is 22.3. The highest BCUT2D eigenvalue weighted by Crippen LogP contribution is 2.49. The number of amides is 2. The van der Waals surface area contributed by atoms with Gasteiger partial charge in [0.1, 0.15) is 0 Å². The highest BCUT2D eigenvalue weighted by atomic mass is 32.2. The number of rotatable bonds is 6. The molecule has 12 heteroatoms. The maximum Gasteiger partial charge on any atom is 0.490 e. The Balaban J connectivity index is 0.000000532. The number of hydrogen-bond donors (Lipinski definition) is 3. The van der Waals surface area contributed by atoms with E-state index < -0.39 is 12.1 Å². The molecule has 3 atom stereocenters. The van der Waals surface area contributed by atoms with Gasteiger partial charge in [-0.2, -0.15) is 13.2 Å². The number of fused-ring (bicyclic) bond motifs is 1. The summed E-state index contributed by atoms with van der Waals surface area (Å²) in [4.78, 5) is 25.2. The van der Waals surface area contributed by atoms with E-state index in [2.05, 4.69) is 34.7 Å². The fraction of sp³-hybridized carbons (Fsp3) is 0.481. The van der Waals surface area contributed by atoms with Gasteiger partial charge in [0.25, 0.3) is 0 Å².